The number of likely N-dealkylation sites (tertiary alicyclic amines) is 2. The standard InChI is InChI=1S/C46H60N6O4/c1-29-33(13-15-45(53)55-5)43-28-44-34(14-16-46(54)56-6)30(2)39(50-44)26-42-36(18-24-52-21-11-8-12-22-52)32(4)40(49-42)27-41-35(17-23-51-19-9-7-10-20-51)31(3)38(47-41)25-37(29)48-43/h25-28,48,50H,7-24H2,1-6H3. The summed E-state index contributed by atoms with van der Waals surface area (Å²) in [6.07, 6.45) is 11.2. The molecule has 7 heterocycles. The maximum Gasteiger partial charge on any atom is 0.305 e. The highest BCUT2D eigenvalue weighted by Crippen LogP contribution is 2.38. The SMILES string of the molecule is COC(=O)CCc1c(C)c2cc3nc(cc4nc(cc5[nH]c(cc1[nH]2)c(CCC(=O)OC)c5C)C(CCN1CCCCC1)=C4C)C(CCN1CCCCC1)=C3C. The number of aryl methyl sites for hydroxylation is 4. The molecule has 2 saturated heterocycles. The molecule has 3 aromatic heterocycles. The van der Waals surface area contributed by atoms with E-state index in [1.807, 2.05) is 0 Å². The predicted octanol–water partition coefficient (Wildman–Crippen LogP) is 8.76. The molecule has 4 aliphatic heterocycles. The molecular formula is C46H60N6O4. The Bertz CT molecular complexity index is 2200. The summed E-state index contributed by atoms with van der Waals surface area (Å²) >= 11 is 0. The fourth-order valence-corrected chi connectivity index (χ4v) is 9.06. The molecule has 7 rings (SSSR count). The van der Waals surface area contributed by atoms with Gasteiger partial charge in [0.05, 0.1) is 37.0 Å². The first-order valence-corrected chi connectivity index (χ1v) is 20.9. The van der Waals surface area contributed by atoms with Crippen LogP contribution in [0.1, 0.15) is 123 Å². The third kappa shape index (κ3) is 8.71. The number of hydrogen-bond acceptors (Lipinski definition) is 8. The number of aromatic nitrogens is 4. The lowest BCUT2D eigenvalue weighted by Crippen LogP contribution is -2.30. The van der Waals surface area contributed by atoms with Crippen molar-refractivity contribution in [1.29, 1.82) is 0 Å². The van der Waals surface area contributed by atoms with Crippen molar-refractivity contribution in [3.05, 3.63) is 69.3 Å². The van der Waals surface area contributed by atoms with E-state index < -0.39 is 0 Å². The Morgan fingerprint density at radius 3 is 1.41 bits per heavy atom. The number of allylic oxidation sites excluding steroid dienone is 2. The van der Waals surface area contributed by atoms with Crippen LogP contribution in [0.4, 0.5) is 0 Å². The number of H-pyrrole nitrogens is 2. The molecule has 3 aromatic rings. The minimum atomic E-state index is -0.244. The van der Waals surface area contributed by atoms with Crippen LogP contribution >= 0.6 is 0 Å². The van der Waals surface area contributed by atoms with Crippen LogP contribution in [0.5, 0.6) is 0 Å². The summed E-state index contributed by atoms with van der Waals surface area (Å²) in [5.74, 6) is -0.487. The van der Waals surface area contributed by atoms with E-state index in [4.69, 9.17) is 19.4 Å². The van der Waals surface area contributed by atoms with Crippen molar-refractivity contribution in [2.75, 3.05) is 53.5 Å². The molecule has 0 aliphatic carbocycles. The molecule has 0 radical (unpaired) electrons. The topological polar surface area (TPSA) is 116 Å². The molecule has 0 spiro atoms. The summed E-state index contributed by atoms with van der Waals surface area (Å²) in [7, 11) is 2.87. The van der Waals surface area contributed by atoms with E-state index in [-0.39, 0.29) is 24.8 Å². The molecule has 2 N–H and O–H groups in total. The smallest absolute Gasteiger partial charge is 0.305 e. The number of ether oxygens (including phenoxy) is 2. The molecule has 0 amide bonds. The van der Waals surface area contributed by atoms with Crippen LogP contribution in [0, 0.1) is 13.8 Å². The van der Waals surface area contributed by atoms with Crippen molar-refractivity contribution in [3.63, 3.8) is 0 Å². The van der Waals surface area contributed by atoms with Crippen molar-refractivity contribution in [2.45, 2.75) is 105 Å². The van der Waals surface area contributed by atoms with E-state index in [1.54, 1.807) is 0 Å². The van der Waals surface area contributed by atoms with Gasteiger partial charge in [-0.1, -0.05) is 12.8 Å². The number of nitrogens with zero attached hydrogens (tertiary/aromatic N) is 4. The maximum absolute atomic E-state index is 12.4. The van der Waals surface area contributed by atoms with Crippen molar-refractivity contribution in [3.8, 4) is 0 Å². The molecule has 0 saturated carbocycles. The Morgan fingerprint density at radius 2 is 0.964 bits per heavy atom. The summed E-state index contributed by atoms with van der Waals surface area (Å²) in [6, 6.07) is 8.76. The van der Waals surface area contributed by atoms with Crippen molar-refractivity contribution in [1.82, 2.24) is 29.7 Å². The van der Waals surface area contributed by atoms with Gasteiger partial charge in [0.15, 0.2) is 0 Å². The van der Waals surface area contributed by atoms with Gasteiger partial charge in [0.1, 0.15) is 0 Å². The molecule has 0 atom stereocenters. The van der Waals surface area contributed by atoms with E-state index >= 15 is 0 Å². The van der Waals surface area contributed by atoms with Crippen LogP contribution in [0.3, 0.4) is 0 Å². The van der Waals surface area contributed by atoms with Crippen molar-refractivity contribution < 1.29 is 19.1 Å². The van der Waals surface area contributed by atoms with Crippen LogP contribution in [0.2, 0.25) is 0 Å². The lowest BCUT2D eigenvalue weighted by molar-refractivity contribution is -0.141. The highest BCUT2D eigenvalue weighted by atomic mass is 16.5. The number of carbonyl (C=O) groups is 2. The summed E-state index contributed by atoms with van der Waals surface area (Å²) in [5, 5.41) is 0. The molecule has 0 aromatic carbocycles. The first kappa shape index (κ1) is 39.7. The van der Waals surface area contributed by atoms with E-state index in [0.717, 1.165) is 119 Å². The Hall–Kier alpha value is -4.54. The summed E-state index contributed by atoms with van der Waals surface area (Å²) in [6.45, 7) is 15.3. The number of fused-ring (bicyclic) bond motifs is 8. The van der Waals surface area contributed by atoms with E-state index in [9.17, 15) is 9.59 Å². The zero-order valence-electron chi connectivity index (χ0n) is 34.5. The van der Waals surface area contributed by atoms with Crippen LogP contribution in [-0.2, 0) is 31.9 Å². The number of nitrogens with one attached hydrogen (secondary N) is 2. The Balaban J connectivity index is 1.45. The number of methoxy groups -OCH3 is 2. The summed E-state index contributed by atoms with van der Waals surface area (Å²) in [5.41, 5.74) is 17.0. The number of piperidine rings is 2. The van der Waals surface area contributed by atoms with Crippen molar-refractivity contribution in [2.24, 2.45) is 0 Å². The number of aromatic amines is 2. The minimum Gasteiger partial charge on any atom is -0.469 e. The highest BCUT2D eigenvalue weighted by Gasteiger charge is 2.24. The lowest BCUT2D eigenvalue weighted by atomic mass is 9.99. The minimum absolute atomic E-state index is 0.243. The molecular weight excluding hydrogens is 701 g/mol. The van der Waals surface area contributed by atoms with Gasteiger partial charge in [0.2, 0.25) is 0 Å². The molecule has 4 aliphatic rings. The summed E-state index contributed by atoms with van der Waals surface area (Å²) in [4.78, 5) is 48.3. The van der Waals surface area contributed by atoms with Crippen LogP contribution < -0.4 is 0 Å². The van der Waals surface area contributed by atoms with E-state index in [0.29, 0.717) is 12.8 Å². The predicted molar refractivity (Wildman–Crippen MR) is 226 cm³/mol. The van der Waals surface area contributed by atoms with Gasteiger partial charge in [-0.3, -0.25) is 9.59 Å². The van der Waals surface area contributed by atoms with Gasteiger partial charge in [0.25, 0.3) is 0 Å². The quantitative estimate of drug-likeness (QED) is 0.176. The second-order valence-corrected chi connectivity index (χ2v) is 16.1. The van der Waals surface area contributed by atoms with E-state index in [2.05, 4.69) is 71.7 Å². The zero-order valence-corrected chi connectivity index (χ0v) is 34.5. The van der Waals surface area contributed by atoms with Gasteiger partial charge in [-0.25, -0.2) is 9.97 Å². The molecule has 2 fully saturated rings. The lowest BCUT2D eigenvalue weighted by Gasteiger charge is -2.26. The Kier molecular flexibility index (Phi) is 12.6. The average molecular weight is 761 g/mol. The van der Waals surface area contributed by atoms with Gasteiger partial charge < -0.3 is 29.2 Å². The first-order valence-electron chi connectivity index (χ1n) is 20.9. The largest absolute Gasteiger partial charge is 0.469 e. The van der Waals surface area contributed by atoms with Gasteiger partial charge in [-0.15, -0.1) is 0 Å². The van der Waals surface area contributed by atoms with Gasteiger partial charge in [-0.2, -0.15) is 0 Å². The van der Waals surface area contributed by atoms with Gasteiger partial charge >= 0.3 is 11.9 Å². The monoisotopic (exact) mass is 760 g/mol. The fourth-order valence-electron chi connectivity index (χ4n) is 9.06. The van der Waals surface area contributed by atoms with Crippen LogP contribution in [-0.4, -0.2) is 95.2 Å². The summed E-state index contributed by atoms with van der Waals surface area (Å²) < 4.78 is 10.1. The number of rotatable bonds is 12. The molecule has 10 heteroatoms. The fraction of sp³-hybridized carbons (Fsp3) is 0.522. The Labute approximate surface area is 331 Å². The zero-order chi connectivity index (χ0) is 39.3. The van der Waals surface area contributed by atoms with Crippen LogP contribution in [0.25, 0.3) is 44.4 Å². The average Bonchev–Trinajstić information content (AvgIpc) is 3.87. The second-order valence-electron chi connectivity index (χ2n) is 16.1. The van der Waals surface area contributed by atoms with Crippen molar-refractivity contribution >= 4 is 56.3 Å². The third-order valence-electron chi connectivity index (χ3n) is 12.7. The third-order valence-corrected chi connectivity index (χ3v) is 12.7. The normalized spacial score (nSPS) is 16.8. The molecule has 56 heavy (non-hydrogen) atoms. The van der Waals surface area contributed by atoms with E-state index in [1.165, 1.54) is 75.0 Å². The number of carbonyl (C=O) groups excluding carboxylic acids is 2. The first-order chi connectivity index (χ1) is 27.1. The maximum atomic E-state index is 12.4. The van der Waals surface area contributed by atoms with Gasteiger partial charge in [0, 0.05) is 48.0 Å². The highest BCUT2D eigenvalue weighted by molar-refractivity contribution is 5.95. The number of esters is 2. The van der Waals surface area contributed by atoms with Crippen LogP contribution in [0.15, 0.2) is 24.3 Å². The molecule has 0 unspecified atom stereocenters. The second kappa shape index (κ2) is 17.7. The Morgan fingerprint density at radius 1 is 0.554 bits per heavy atom. The molecule has 8 bridgehead atoms. The number of hydrogen-bond donors (Lipinski definition) is 2. The molecule has 10 nitrogen and oxygen atoms in total. The van der Waals surface area contributed by atoms with Gasteiger partial charge in [-0.05, 0) is 174 Å². The molecule has 298 valence electrons.